The molecule has 1 aromatic heterocycles. The predicted molar refractivity (Wildman–Crippen MR) is 202 cm³/mol. The second-order valence-electron chi connectivity index (χ2n) is 14.0. The lowest BCUT2D eigenvalue weighted by atomic mass is 9.61. The summed E-state index contributed by atoms with van der Waals surface area (Å²) in [7, 11) is -2.83. The Bertz CT molecular complexity index is 2140. The number of fused-ring (bicyclic) bond motifs is 6. The summed E-state index contributed by atoms with van der Waals surface area (Å²) in [5, 5.41) is 6.77. The number of nitrogens with zero attached hydrogens (tertiary/aromatic N) is 2. The molecule has 1 aliphatic carbocycles. The number of para-hydroxylation sites is 2. The van der Waals surface area contributed by atoms with Gasteiger partial charge in [0.25, 0.3) is 8.24 Å². The molecule has 0 N–H and O–H groups in total. The summed E-state index contributed by atoms with van der Waals surface area (Å²) >= 11 is 0. The fourth-order valence-corrected chi connectivity index (χ4v) is 14.4. The van der Waals surface area contributed by atoms with Crippen LogP contribution in [0.3, 0.4) is 0 Å². The summed E-state index contributed by atoms with van der Waals surface area (Å²) in [5.41, 5.74) is 6.92. The highest BCUT2D eigenvalue weighted by Crippen LogP contribution is 2.60. The Morgan fingerprint density at radius 3 is 1.70 bits per heavy atom. The van der Waals surface area contributed by atoms with Crippen LogP contribution in [0.4, 0.5) is 11.4 Å². The van der Waals surface area contributed by atoms with Crippen LogP contribution in [0.1, 0.15) is 45.1 Å². The third-order valence-electron chi connectivity index (χ3n) is 11.8. The minimum atomic E-state index is -2.83. The fourth-order valence-electron chi connectivity index (χ4n) is 9.49. The summed E-state index contributed by atoms with van der Waals surface area (Å²) < 4.78 is 2.76. The molecule has 3 heteroatoms. The molecular weight excluding hydrogens is 585 g/mol. The van der Waals surface area contributed by atoms with Gasteiger partial charge in [0.2, 0.25) is 0 Å². The van der Waals surface area contributed by atoms with E-state index < -0.39 is 8.24 Å². The van der Waals surface area contributed by atoms with Gasteiger partial charge in [-0.1, -0.05) is 147 Å². The molecule has 0 amide bonds. The molecular formula is C44H40N2Si. The molecule has 230 valence electrons. The zero-order chi connectivity index (χ0) is 31.6. The van der Waals surface area contributed by atoms with Gasteiger partial charge in [-0.3, -0.25) is 0 Å². The molecule has 9 rings (SSSR count). The van der Waals surface area contributed by atoms with Gasteiger partial charge in [0, 0.05) is 38.6 Å². The molecule has 0 spiro atoms. The van der Waals surface area contributed by atoms with E-state index >= 15 is 0 Å². The first kappa shape index (κ1) is 28.4. The number of rotatable bonds is 5. The van der Waals surface area contributed by atoms with Gasteiger partial charge in [-0.2, -0.15) is 0 Å². The fraction of sp³-hybridized carbons (Fsp3) is 0.182. The molecule has 6 aromatic carbocycles. The van der Waals surface area contributed by atoms with E-state index in [0.717, 1.165) is 0 Å². The summed E-state index contributed by atoms with van der Waals surface area (Å²) in [6.45, 7) is 5.05. The van der Waals surface area contributed by atoms with Gasteiger partial charge in [-0.25, -0.2) is 0 Å². The van der Waals surface area contributed by atoms with Crippen LogP contribution in [0.15, 0.2) is 158 Å². The lowest BCUT2D eigenvalue weighted by molar-refractivity contribution is 0.195. The molecule has 47 heavy (non-hydrogen) atoms. The smallest absolute Gasteiger partial charge is 0.257 e. The SMILES string of the molecule is CC12CCCCC1(C)N(c1ccc3c(c1)c1ccccc1n3[Si](c1ccccc1)(c1ccccc1)c1ccccc1)c1ccccc12. The summed E-state index contributed by atoms with van der Waals surface area (Å²) in [5.74, 6) is 0. The zero-order valence-electron chi connectivity index (χ0n) is 27.2. The van der Waals surface area contributed by atoms with E-state index in [0.29, 0.717) is 0 Å². The Balaban J connectivity index is 1.37. The number of hydrogen-bond acceptors (Lipinski definition) is 1. The van der Waals surface area contributed by atoms with Crippen molar-refractivity contribution >= 4 is 57.0 Å². The topological polar surface area (TPSA) is 8.17 Å². The first-order valence-electron chi connectivity index (χ1n) is 17.2. The van der Waals surface area contributed by atoms with Crippen LogP contribution in [-0.4, -0.2) is 18.0 Å². The van der Waals surface area contributed by atoms with Gasteiger partial charge in [0.15, 0.2) is 0 Å². The van der Waals surface area contributed by atoms with E-state index in [9.17, 15) is 0 Å². The number of aromatic nitrogens is 1. The Labute approximate surface area is 279 Å². The third-order valence-corrected chi connectivity index (χ3v) is 16.5. The summed E-state index contributed by atoms with van der Waals surface area (Å²) in [6, 6.07) is 59.5. The van der Waals surface area contributed by atoms with Crippen molar-refractivity contribution in [3.05, 3.63) is 163 Å². The first-order valence-corrected chi connectivity index (χ1v) is 19.1. The Morgan fingerprint density at radius 2 is 1.04 bits per heavy atom. The zero-order valence-corrected chi connectivity index (χ0v) is 28.2. The summed E-state index contributed by atoms with van der Waals surface area (Å²) in [6.07, 6.45) is 5.01. The molecule has 2 atom stereocenters. The van der Waals surface area contributed by atoms with Crippen LogP contribution < -0.4 is 20.5 Å². The van der Waals surface area contributed by atoms with Crippen LogP contribution >= 0.6 is 0 Å². The van der Waals surface area contributed by atoms with Crippen LogP contribution in [0.5, 0.6) is 0 Å². The monoisotopic (exact) mass is 624 g/mol. The molecule has 1 saturated carbocycles. The first-order chi connectivity index (χ1) is 23.1. The molecule has 0 saturated heterocycles. The standard InChI is InChI=1S/C44H40N2Si/c1-43-30-16-17-31-44(43,2)45(42-27-15-13-25-39(42)43)33-28-29-41-38(32-33)37-24-12-14-26-40(37)46(41)47(34-18-6-3-7-19-34,35-20-8-4-9-21-35)36-22-10-5-11-23-36/h3-15,18-29,32H,16-17,30-31H2,1-2H3. The highest BCUT2D eigenvalue weighted by molar-refractivity contribution is 7.11. The van der Waals surface area contributed by atoms with E-state index in [2.05, 4.69) is 181 Å². The second kappa shape index (κ2) is 10.6. The maximum absolute atomic E-state index is 2.83. The van der Waals surface area contributed by atoms with Crippen molar-refractivity contribution in [1.82, 2.24) is 4.23 Å². The van der Waals surface area contributed by atoms with E-state index in [1.165, 1.54) is 80.0 Å². The molecule has 7 aromatic rings. The van der Waals surface area contributed by atoms with Gasteiger partial charge in [0.05, 0.1) is 5.54 Å². The molecule has 2 unspecified atom stereocenters. The van der Waals surface area contributed by atoms with Gasteiger partial charge in [-0.15, -0.1) is 0 Å². The quantitative estimate of drug-likeness (QED) is 0.137. The maximum Gasteiger partial charge on any atom is 0.257 e. The van der Waals surface area contributed by atoms with Crippen molar-refractivity contribution in [3.8, 4) is 0 Å². The second-order valence-corrected chi connectivity index (χ2v) is 17.6. The van der Waals surface area contributed by atoms with Crippen molar-refractivity contribution in [2.45, 2.75) is 50.5 Å². The van der Waals surface area contributed by atoms with E-state index in [4.69, 9.17) is 0 Å². The lowest BCUT2D eigenvalue weighted by Gasteiger charge is -2.50. The Morgan fingerprint density at radius 1 is 0.511 bits per heavy atom. The average Bonchev–Trinajstić information content (AvgIpc) is 3.56. The van der Waals surface area contributed by atoms with Crippen LogP contribution in [-0.2, 0) is 5.41 Å². The largest absolute Gasteiger partial charge is 0.355 e. The summed E-state index contributed by atoms with van der Waals surface area (Å²) in [4.78, 5) is 2.71. The highest BCUT2D eigenvalue weighted by atomic mass is 28.3. The van der Waals surface area contributed by atoms with E-state index in [-0.39, 0.29) is 11.0 Å². The minimum absolute atomic E-state index is 0.0254. The number of anilines is 2. The van der Waals surface area contributed by atoms with Gasteiger partial charge in [-0.05, 0) is 71.2 Å². The van der Waals surface area contributed by atoms with Gasteiger partial charge in [0.1, 0.15) is 0 Å². The third kappa shape index (κ3) is 3.84. The molecule has 2 nitrogen and oxygen atoms in total. The van der Waals surface area contributed by atoms with Crippen molar-refractivity contribution in [1.29, 1.82) is 0 Å². The normalized spacial score (nSPS) is 20.8. The van der Waals surface area contributed by atoms with Crippen molar-refractivity contribution in [3.63, 3.8) is 0 Å². The van der Waals surface area contributed by atoms with Crippen LogP contribution in [0.25, 0.3) is 21.8 Å². The molecule has 2 aliphatic rings. The van der Waals surface area contributed by atoms with Crippen LogP contribution in [0, 0.1) is 0 Å². The Kier molecular flexibility index (Phi) is 6.39. The van der Waals surface area contributed by atoms with Gasteiger partial charge >= 0.3 is 0 Å². The van der Waals surface area contributed by atoms with Gasteiger partial charge < -0.3 is 9.13 Å². The molecule has 2 heterocycles. The highest BCUT2D eigenvalue weighted by Gasteiger charge is 2.57. The number of benzene rings is 6. The van der Waals surface area contributed by atoms with Crippen molar-refractivity contribution < 1.29 is 0 Å². The van der Waals surface area contributed by atoms with Crippen molar-refractivity contribution in [2.75, 3.05) is 4.90 Å². The molecule has 0 radical (unpaired) electrons. The van der Waals surface area contributed by atoms with E-state index in [1.54, 1.807) is 0 Å². The predicted octanol–water partition coefficient (Wildman–Crippen LogP) is 9.05. The number of hydrogen-bond donors (Lipinski definition) is 0. The maximum atomic E-state index is 2.76. The lowest BCUT2D eigenvalue weighted by Crippen LogP contribution is -2.72. The van der Waals surface area contributed by atoms with E-state index in [1.807, 2.05) is 0 Å². The average molecular weight is 625 g/mol. The Hall–Kier alpha value is -4.86. The molecule has 0 bridgehead atoms. The molecule has 1 aliphatic heterocycles. The van der Waals surface area contributed by atoms with Crippen LogP contribution in [0.2, 0.25) is 0 Å². The minimum Gasteiger partial charge on any atom is -0.355 e. The molecule has 1 fully saturated rings. The van der Waals surface area contributed by atoms with Crippen molar-refractivity contribution in [2.24, 2.45) is 0 Å².